The van der Waals surface area contributed by atoms with Gasteiger partial charge in [0.25, 0.3) is 0 Å². The average molecular weight is 318 g/mol. The van der Waals surface area contributed by atoms with Crippen LogP contribution in [-0.4, -0.2) is 17.8 Å². The zero-order valence-corrected chi connectivity index (χ0v) is 12.3. The third-order valence-electron chi connectivity index (χ3n) is 2.04. The predicted octanol–water partition coefficient (Wildman–Crippen LogP) is 3.47. The summed E-state index contributed by atoms with van der Waals surface area (Å²) in [5.74, 6) is -0.154. The van der Waals surface area contributed by atoms with Crippen LogP contribution < -0.4 is 5.73 Å². The molecule has 94 valence electrons. The van der Waals surface area contributed by atoms with E-state index in [0.29, 0.717) is 13.0 Å². The zero-order valence-electron chi connectivity index (χ0n) is 9.90. The maximum atomic E-state index is 11.3. The first-order valence-electron chi connectivity index (χ1n) is 5.40. The molecule has 0 aliphatic carbocycles. The number of halogens is 1. The molecular formula is C12H16BrNO2S. The number of ether oxygens (including phenoxy) is 1. The van der Waals surface area contributed by atoms with Crippen LogP contribution in [0.3, 0.4) is 0 Å². The molecule has 0 aliphatic rings. The van der Waals surface area contributed by atoms with E-state index in [1.54, 1.807) is 11.8 Å². The van der Waals surface area contributed by atoms with Crippen LogP contribution in [0.15, 0.2) is 27.6 Å². The quantitative estimate of drug-likeness (QED) is 0.513. The predicted molar refractivity (Wildman–Crippen MR) is 75.1 cm³/mol. The second kappa shape index (κ2) is 6.91. The van der Waals surface area contributed by atoms with Crippen molar-refractivity contribution in [3.63, 3.8) is 0 Å². The molecule has 0 aliphatic heterocycles. The normalized spacial score (nSPS) is 12.2. The van der Waals surface area contributed by atoms with Crippen LogP contribution in [0.25, 0.3) is 0 Å². The highest BCUT2D eigenvalue weighted by Crippen LogP contribution is 2.33. The smallest absolute Gasteiger partial charge is 0.306 e. The molecule has 0 amide bonds. The van der Waals surface area contributed by atoms with E-state index >= 15 is 0 Å². The molecule has 3 nitrogen and oxygen atoms in total. The Morgan fingerprint density at radius 3 is 2.88 bits per heavy atom. The summed E-state index contributed by atoms with van der Waals surface area (Å²) in [5.41, 5.74) is 6.39. The molecule has 0 saturated heterocycles. The van der Waals surface area contributed by atoms with Gasteiger partial charge >= 0.3 is 5.97 Å². The molecule has 5 heteroatoms. The fraction of sp³-hybridized carbons (Fsp3) is 0.417. The number of rotatable bonds is 5. The summed E-state index contributed by atoms with van der Waals surface area (Å²) in [7, 11) is 0. The summed E-state index contributed by atoms with van der Waals surface area (Å²) in [5, 5.41) is 0.175. The van der Waals surface area contributed by atoms with Gasteiger partial charge in [-0.2, -0.15) is 0 Å². The first-order chi connectivity index (χ1) is 8.02. The number of carbonyl (C=O) groups is 1. The number of thioether (sulfide) groups is 1. The number of esters is 1. The van der Waals surface area contributed by atoms with Crippen molar-refractivity contribution in [3.8, 4) is 0 Å². The SMILES string of the molecule is CCOC(=O)CC(C)Sc1ccc(N)cc1Br. The molecule has 1 aromatic carbocycles. The third-order valence-corrected chi connectivity index (χ3v) is 4.14. The Labute approximate surface area is 114 Å². The van der Waals surface area contributed by atoms with E-state index in [1.165, 1.54) is 0 Å². The highest BCUT2D eigenvalue weighted by atomic mass is 79.9. The zero-order chi connectivity index (χ0) is 12.8. The van der Waals surface area contributed by atoms with Crippen LogP contribution in [0.5, 0.6) is 0 Å². The minimum Gasteiger partial charge on any atom is -0.466 e. The molecule has 0 fully saturated rings. The Bertz CT molecular complexity index is 398. The first kappa shape index (κ1) is 14.4. The number of hydrogen-bond acceptors (Lipinski definition) is 4. The summed E-state index contributed by atoms with van der Waals surface area (Å²) in [4.78, 5) is 12.4. The molecule has 1 rings (SSSR count). The molecule has 1 aromatic rings. The number of nitrogen functional groups attached to an aromatic ring is 1. The highest BCUT2D eigenvalue weighted by molar-refractivity contribution is 9.10. The van der Waals surface area contributed by atoms with Crippen molar-refractivity contribution in [3.05, 3.63) is 22.7 Å². The molecule has 1 atom stereocenters. The lowest BCUT2D eigenvalue weighted by molar-refractivity contribution is -0.142. The summed E-state index contributed by atoms with van der Waals surface area (Å²) in [6.07, 6.45) is 0.412. The molecule has 2 N–H and O–H groups in total. The van der Waals surface area contributed by atoms with Crippen LogP contribution in [-0.2, 0) is 9.53 Å². The Kier molecular flexibility index (Phi) is 5.85. The van der Waals surface area contributed by atoms with Crippen molar-refractivity contribution in [2.45, 2.75) is 30.4 Å². The van der Waals surface area contributed by atoms with Crippen LogP contribution >= 0.6 is 27.7 Å². The Morgan fingerprint density at radius 1 is 1.59 bits per heavy atom. The highest BCUT2D eigenvalue weighted by Gasteiger charge is 2.12. The van der Waals surface area contributed by atoms with Gasteiger partial charge in [0, 0.05) is 20.3 Å². The fourth-order valence-electron chi connectivity index (χ4n) is 1.33. The van der Waals surface area contributed by atoms with Gasteiger partial charge in [-0.05, 0) is 41.1 Å². The maximum Gasteiger partial charge on any atom is 0.306 e. The Morgan fingerprint density at radius 2 is 2.29 bits per heavy atom. The largest absolute Gasteiger partial charge is 0.466 e. The van der Waals surface area contributed by atoms with E-state index in [1.807, 2.05) is 32.0 Å². The van der Waals surface area contributed by atoms with E-state index in [-0.39, 0.29) is 11.2 Å². The van der Waals surface area contributed by atoms with Crippen LogP contribution in [0.2, 0.25) is 0 Å². The topological polar surface area (TPSA) is 52.3 Å². The van der Waals surface area contributed by atoms with Gasteiger partial charge in [0.15, 0.2) is 0 Å². The van der Waals surface area contributed by atoms with E-state index in [9.17, 15) is 4.79 Å². The van der Waals surface area contributed by atoms with E-state index < -0.39 is 0 Å². The lowest BCUT2D eigenvalue weighted by atomic mass is 10.3. The Balaban J connectivity index is 2.55. The summed E-state index contributed by atoms with van der Waals surface area (Å²) >= 11 is 5.09. The summed E-state index contributed by atoms with van der Waals surface area (Å²) in [6.45, 7) is 4.25. The lowest BCUT2D eigenvalue weighted by Gasteiger charge is -2.12. The van der Waals surface area contributed by atoms with Crippen LogP contribution in [0.4, 0.5) is 5.69 Å². The number of hydrogen-bond donors (Lipinski definition) is 1. The number of carbonyl (C=O) groups excluding carboxylic acids is 1. The molecule has 0 bridgehead atoms. The molecule has 0 spiro atoms. The standard InChI is InChI=1S/C12H16BrNO2S/c1-3-16-12(15)6-8(2)17-11-5-4-9(14)7-10(11)13/h4-5,7-8H,3,6,14H2,1-2H3. The monoisotopic (exact) mass is 317 g/mol. The van der Waals surface area contributed by atoms with E-state index in [0.717, 1.165) is 15.1 Å². The minimum atomic E-state index is -0.154. The van der Waals surface area contributed by atoms with Crippen LogP contribution in [0.1, 0.15) is 20.3 Å². The second-order valence-corrected chi connectivity index (χ2v) is 5.96. The van der Waals surface area contributed by atoms with Crippen molar-refractivity contribution >= 4 is 39.3 Å². The van der Waals surface area contributed by atoms with Crippen LogP contribution in [0, 0.1) is 0 Å². The van der Waals surface area contributed by atoms with Crippen molar-refractivity contribution in [2.75, 3.05) is 12.3 Å². The van der Waals surface area contributed by atoms with Gasteiger partial charge in [-0.1, -0.05) is 6.92 Å². The van der Waals surface area contributed by atoms with Gasteiger partial charge in [-0.25, -0.2) is 0 Å². The van der Waals surface area contributed by atoms with E-state index in [4.69, 9.17) is 10.5 Å². The molecule has 0 heterocycles. The summed E-state index contributed by atoms with van der Waals surface area (Å²) < 4.78 is 5.87. The van der Waals surface area contributed by atoms with Gasteiger partial charge in [-0.15, -0.1) is 11.8 Å². The molecular weight excluding hydrogens is 302 g/mol. The second-order valence-electron chi connectivity index (χ2n) is 3.63. The maximum absolute atomic E-state index is 11.3. The van der Waals surface area contributed by atoms with Crippen molar-refractivity contribution in [1.82, 2.24) is 0 Å². The molecule has 17 heavy (non-hydrogen) atoms. The molecule has 0 saturated carbocycles. The lowest BCUT2D eigenvalue weighted by Crippen LogP contribution is -2.10. The molecule has 1 unspecified atom stereocenters. The molecule has 0 radical (unpaired) electrons. The number of benzene rings is 1. The van der Waals surface area contributed by atoms with Gasteiger partial charge in [-0.3, -0.25) is 4.79 Å². The first-order valence-corrected chi connectivity index (χ1v) is 7.07. The fourth-order valence-corrected chi connectivity index (χ4v) is 2.97. The Hall–Kier alpha value is -0.680. The molecule has 0 aromatic heterocycles. The van der Waals surface area contributed by atoms with Gasteiger partial charge in [0.1, 0.15) is 0 Å². The van der Waals surface area contributed by atoms with Gasteiger partial charge in [0.2, 0.25) is 0 Å². The van der Waals surface area contributed by atoms with Gasteiger partial charge < -0.3 is 10.5 Å². The number of anilines is 1. The minimum absolute atomic E-state index is 0.154. The summed E-state index contributed by atoms with van der Waals surface area (Å²) in [6, 6.07) is 5.66. The van der Waals surface area contributed by atoms with Gasteiger partial charge in [0.05, 0.1) is 13.0 Å². The number of nitrogens with two attached hydrogens (primary N) is 1. The van der Waals surface area contributed by atoms with Crippen molar-refractivity contribution in [2.24, 2.45) is 0 Å². The average Bonchev–Trinajstić information content (AvgIpc) is 2.22. The third kappa shape index (κ3) is 5.00. The van der Waals surface area contributed by atoms with Crippen molar-refractivity contribution in [1.29, 1.82) is 0 Å². The van der Waals surface area contributed by atoms with E-state index in [2.05, 4.69) is 15.9 Å². The van der Waals surface area contributed by atoms with Crippen molar-refractivity contribution < 1.29 is 9.53 Å².